The van der Waals surface area contributed by atoms with Crippen LogP contribution in [0.3, 0.4) is 0 Å². The Morgan fingerprint density at radius 1 is 0.846 bits per heavy atom. The molecule has 0 bridgehead atoms. The number of phenols is 1. The first-order chi connectivity index (χ1) is 25.4. The summed E-state index contributed by atoms with van der Waals surface area (Å²) in [6.45, 7) is 5.11. The smallest absolute Gasteiger partial charge is 0.255 e. The fourth-order valence-corrected chi connectivity index (χ4v) is 8.11. The van der Waals surface area contributed by atoms with Crippen molar-refractivity contribution in [2.45, 2.75) is 50.1 Å². The van der Waals surface area contributed by atoms with E-state index >= 15 is 0 Å². The van der Waals surface area contributed by atoms with E-state index in [4.69, 9.17) is 14.2 Å². The molecule has 10 heteroatoms. The van der Waals surface area contributed by atoms with E-state index in [9.17, 15) is 19.5 Å². The van der Waals surface area contributed by atoms with Crippen LogP contribution in [0.5, 0.6) is 23.0 Å². The van der Waals surface area contributed by atoms with E-state index in [1.54, 1.807) is 23.1 Å². The van der Waals surface area contributed by atoms with Gasteiger partial charge < -0.3 is 24.2 Å². The third-order valence-corrected chi connectivity index (χ3v) is 10.8. The molecule has 4 aromatic rings. The number of imide groups is 1. The molecule has 2 fully saturated rings. The zero-order valence-electron chi connectivity index (χ0n) is 29.0. The number of hydrogen-bond donors (Lipinski definition) is 2. The van der Waals surface area contributed by atoms with E-state index in [2.05, 4.69) is 58.7 Å². The SMILES string of the molecule is O=C1CCC(N2Cc3cc(OCCCC4CN(CCOc5ccc([C@@H]6c7ccc(O)cc7OCC6c6ccccc6)cc5)C4)ccc3C2=O)C(=O)N1. The molecule has 10 nitrogen and oxygen atoms in total. The van der Waals surface area contributed by atoms with Crippen molar-refractivity contribution in [3.63, 3.8) is 0 Å². The Bertz CT molecular complexity index is 1940. The lowest BCUT2D eigenvalue weighted by atomic mass is 9.76. The third kappa shape index (κ3) is 7.08. The molecule has 2 saturated heterocycles. The second kappa shape index (κ2) is 14.7. The first-order valence-corrected chi connectivity index (χ1v) is 18.3. The summed E-state index contributed by atoms with van der Waals surface area (Å²) in [5.74, 6) is 2.55. The summed E-state index contributed by atoms with van der Waals surface area (Å²) >= 11 is 0. The first-order valence-electron chi connectivity index (χ1n) is 18.3. The van der Waals surface area contributed by atoms with Gasteiger partial charge in [0.05, 0.1) is 13.2 Å². The van der Waals surface area contributed by atoms with Crippen LogP contribution in [-0.4, -0.2) is 78.1 Å². The lowest BCUT2D eigenvalue weighted by Crippen LogP contribution is -2.52. The number of fused-ring (bicyclic) bond motifs is 2. The molecule has 0 aliphatic carbocycles. The van der Waals surface area contributed by atoms with Crippen LogP contribution in [0, 0.1) is 5.92 Å². The summed E-state index contributed by atoms with van der Waals surface area (Å²) in [4.78, 5) is 40.8. The maximum Gasteiger partial charge on any atom is 0.255 e. The molecule has 8 rings (SSSR count). The van der Waals surface area contributed by atoms with Crippen LogP contribution in [0.25, 0.3) is 0 Å². The van der Waals surface area contributed by atoms with Gasteiger partial charge in [-0.15, -0.1) is 0 Å². The molecular formula is C42H43N3O7. The van der Waals surface area contributed by atoms with Crippen LogP contribution in [-0.2, 0) is 16.1 Å². The Balaban J connectivity index is 0.761. The van der Waals surface area contributed by atoms with E-state index in [0.717, 1.165) is 60.9 Å². The predicted octanol–water partition coefficient (Wildman–Crippen LogP) is 5.63. The molecule has 3 amide bonds. The van der Waals surface area contributed by atoms with Crippen molar-refractivity contribution in [3.8, 4) is 23.0 Å². The summed E-state index contributed by atoms with van der Waals surface area (Å²) in [6.07, 6.45) is 2.63. The number of benzene rings is 4. The number of ether oxygens (including phenoxy) is 3. The summed E-state index contributed by atoms with van der Waals surface area (Å²) in [5, 5.41) is 12.4. The predicted molar refractivity (Wildman–Crippen MR) is 194 cm³/mol. The molecule has 0 saturated carbocycles. The molecule has 0 spiro atoms. The number of rotatable bonds is 12. The van der Waals surface area contributed by atoms with Crippen molar-refractivity contribution in [3.05, 3.63) is 119 Å². The maximum absolute atomic E-state index is 12.9. The molecule has 4 aliphatic rings. The van der Waals surface area contributed by atoms with Gasteiger partial charge in [0.1, 0.15) is 35.6 Å². The van der Waals surface area contributed by atoms with Crippen molar-refractivity contribution in [1.82, 2.24) is 15.1 Å². The number of aromatic hydroxyl groups is 1. The van der Waals surface area contributed by atoms with Crippen molar-refractivity contribution in [1.29, 1.82) is 0 Å². The Morgan fingerprint density at radius 3 is 2.44 bits per heavy atom. The first kappa shape index (κ1) is 33.8. The number of nitrogens with zero attached hydrogens (tertiary/aromatic N) is 2. The van der Waals surface area contributed by atoms with Gasteiger partial charge in [-0.25, -0.2) is 0 Å². The van der Waals surface area contributed by atoms with Crippen molar-refractivity contribution < 1.29 is 33.7 Å². The molecule has 3 atom stereocenters. The molecule has 268 valence electrons. The van der Waals surface area contributed by atoms with Gasteiger partial charge >= 0.3 is 0 Å². The van der Waals surface area contributed by atoms with Crippen LogP contribution in [0.2, 0.25) is 0 Å². The molecule has 0 radical (unpaired) electrons. The minimum atomic E-state index is -0.615. The molecule has 2 unspecified atom stereocenters. The maximum atomic E-state index is 12.9. The number of carbonyl (C=O) groups is 3. The fourth-order valence-electron chi connectivity index (χ4n) is 8.11. The van der Waals surface area contributed by atoms with Gasteiger partial charge in [-0.3, -0.25) is 24.6 Å². The highest BCUT2D eigenvalue weighted by Gasteiger charge is 2.39. The minimum Gasteiger partial charge on any atom is -0.508 e. The number of nitrogens with one attached hydrogen (secondary N) is 1. The van der Waals surface area contributed by atoms with Gasteiger partial charge in [-0.1, -0.05) is 48.5 Å². The van der Waals surface area contributed by atoms with Gasteiger partial charge in [-0.05, 0) is 78.3 Å². The minimum absolute atomic E-state index is 0.0983. The van der Waals surface area contributed by atoms with Crippen molar-refractivity contribution >= 4 is 17.7 Å². The van der Waals surface area contributed by atoms with Crippen LogP contribution >= 0.6 is 0 Å². The summed E-state index contributed by atoms with van der Waals surface area (Å²) in [7, 11) is 0. The molecule has 0 aromatic heterocycles. The number of carbonyl (C=O) groups excluding carboxylic acids is 3. The molecule has 4 aromatic carbocycles. The third-order valence-electron chi connectivity index (χ3n) is 10.8. The second-order valence-corrected chi connectivity index (χ2v) is 14.3. The van der Waals surface area contributed by atoms with Crippen LogP contribution in [0.1, 0.15) is 70.1 Å². The zero-order chi connectivity index (χ0) is 35.6. The highest BCUT2D eigenvalue weighted by Crippen LogP contribution is 2.47. The van der Waals surface area contributed by atoms with Crippen molar-refractivity contribution in [2.75, 3.05) is 39.5 Å². The van der Waals surface area contributed by atoms with Crippen molar-refractivity contribution in [2.24, 2.45) is 5.92 Å². The summed E-state index contributed by atoms with van der Waals surface area (Å²) in [5.41, 5.74) is 4.93. The molecular weight excluding hydrogens is 658 g/mol. The fraction of sp³-hybridized carbons (Fsp3) is 0.357. The standard InChI is InChI=1S/C42H43N3O7/c46-31-10-14-35-38(22-31)52-26-36(28-6-2-1-3-7-28)40(35)29-8-11-32(12-9-29)51-20-18-44-23-27(24-44)5-4-19-50-33-13-15-34-30(21-33)25-45(42(34)49)37-16-17-39(47)43-41(37)48/h1-3,6-15,21-22,27,36-37,40,46H,4-5,16-20,23-26H2,(H,43,47,48)/t36?,37?,40-/m1/s1. The van der Waals surface area contributed by atoms with Crippen LogP contribution in [0.4, 0.5) is 0 Å². The average Bonchev–Trinajstić information content (AvgIpc) is 3.46. The number of hydrogen-bond acceptors (Lipinski definition) is 8. The van der Waals surface area contributed by atoms with E-state index in [1.807, 2.05) is 24.3 Å². The van der Waals surface area contributed by atoms with E-state index in [1.165, 1.54) is 11.1 Å². The van der Waals surface area contributed by atoms with Gasteiger partial charge in [0.2, 0.25) is 11.8 Å². The monoisotopic (exact) mass is 701 g/mol. The molecule has 52 heavy (non-hydrogen) atoms. The number of likely N-dealkylation sites (tertiary alicyclic amines) is 1. The topological polar surface area (TPSA) is 118 Å². The number of piperidine rings is 1. The Morgan fingerprint density at radius 2 is 1.63 bits per heavy atom. The van der Waals surface area contributed by atoms with Gasteiger partial charge in [0, 0.05) is 61.6 Å². The number of phenolic OH excluding ortho intramolecular Hbond substituents is 1. The second-order valence-electron chi connectivity index (χ2n) is 14.3. The van der Waals surface area contributed by atoms with E-state index in [0.29, 0.717) is 44.3 Å². The number of amides is 3. The van der Waals surface area contributed by atoms with Crippen LogP contribution < -0.4 is 19.5 Å². The highest BCUT2D eigenvalue weighted by molar-refractivity contribution is 6.05. The normalized spacial score (nSPS) is 21.5. The van der Waals surface area contributed by atoms with Gasteiger partial charge in [0.15, 0.2) is 0 Å². The van der Waals surface area contributed by atoms with E-state index < -0.39 is 11.9 Å². The molecule has 4 aliphatic heterocycles. The zero-order valence-corrected chi connectivity index (χ0v) is 29.0. The Hall–Kier alpha value is -5.35. The van der Waals surface area contributed by atoms with E-state index in [-0.39, 0.29) is 35.8 Å². The van der Waals surface area contributed by atoms with Crippen LogP contribution in [0.15, 0.2) is 91.0 Å². The average molecular weight is 702 g/mol. The highest BCUT2D eigenvalue weighted by atomic mass is 16.5. The summed E-state index contributed by atoms with van der Waals surface area (Å²) in [6, 6.07) is 29.2. The lowest BCUT2D eigenvalue weighted by Gasteiger charge is -2.39. The largest absolute Gasteiger partial charge is 0.508 e. The van der Waals surface area contributed by atoms with Gasteiger partial charge in [-0.2, -0.15) is 0 Å². The van der Waals surface area contributed by atoms with Gasteiger partial charge in [0.25, 0.3) is 5.91 Å². The Kier molecular flexibility index (Phi) is 9.56. The molecule has 4 heterocycles. The lowest BCUT2D eigenvalue weighted by molar-refractivity contribution is -0.136. The molecule has 2 N–H and O–H groups in total. The Labute approximate surface area is 303 Å². The summed E-state index contributed by atoms with van der Waals surface area (Å²) < 4.78 is 18.3. The quantitative estimate of drug-likeness (QED) is 0.144.